The number of amides is 2. The van der Waals surface area contributed by atoms with E-state index < -0.39 is 10.8 Å². The first-order valence-corrected chi connectivity index (χ1v) is 8.73. The molecule has 28 heavy (non-hydrogen) atoms. The van der Waals surface area contributed by atoms with Crippen LogP contribution in [0.3, 0.4) is 0 Å². The molecule has 2 aromatic carbocycles. The highest BCUT2D eigenvalue weighted by atomic mass is 16.6. The van der Waals surface area contributed by atoms with Gasteiger partial charge in [0.2, 0.25) is 11.8 Å². The van der Waals surface area contributed by atoms with Gasteiger partial charge in [-0.1, -0.05) is 18.2 Å². The van der Waals surface area contributed by atoms with Gasteiger partial charge in [-0.05, 0) is 32.0 Å². The van der Waals surface area contributed by atoms with E-state index in [2.05, 4.69) is 5.32 Å². The number of ketones is 1. The van der Waals surface area contributed by atoms with Gasteiger partial charge in [-0.15, -0.1) is 0 Å². The van der Waals surface area contributed by atoms with Gasteiger partial charge in [0.25, 0.3) is 5.69 Å². The summed E-state index contributed by atoms with van der Waals surface area (Å²) in [4.78, 5) is 48.4. The molecular weight excluding hydrogens is 362 g/mol. The second kappa shape index (κ2) is 7.59. The Morgan fingerprint density at radius 2 is 1.96 bits per heavy atom. The summed E-state index contributed by atoms with van der Waals surface area (Å²) in [5.41, 5.74) is 1.79. The predicted molar refractivity (Wildman–Crippen MR) is 103 cm³/mol. The number of hydrogen-bond acceptors (Lipinski definition) is 5. The summed E-state index contributed by atoms with van der Waals surface area (Å²) < 4.78 is 0. The maximum Gasteiger partial charge on any atom is 0.274 e. The van der Waals surface area contributed by atoms with E-state index in [1.165, 1.54) is 17.9 Å². The van der Waals surface area contributed by atoms with Crippen molar-refractivity contribution in [1.82, 2.24) is 0 Å². The first-order valence-electron chi connectivity index (χ1n) is 8.73. The van der Waals surface area contributed by atoms with Crippen LogP contribution in [0.2, 0.25) is 0 Å². The second-order valence-electron chi connectivity index (χ2n) is 6.76. The molecule has 144 valence electrons. The molecular formula is C20H19N3O5. The van der Waals surface area contributed by atoms with Crippen molar-refractivity contribution in [2.24, 2.45) is 5.92 Å². The quantitative estimate of drug-likeness (QED) is 0.486. The lowest BCUT2D eigenvalue weighted by atomic mass is 10.1. The standard InChI is InChI=1S/C20H19N3O5/c1-12-6-7-17(10-18(12)23(27)28)22-11-15(9-19(22)25)20(26)21-16-5-3-4-14(8-16)13(2)24/h3-8,10,15H,9,11H2,1-2H3,(H,21,26)/t15-/m1/s1. The van der Waals surface area contributed by atoms with Gasteiger partial charge >= 0.3 is 0 Å². The first kappa shape index (κ1) is 19.2. The van der Waals surface area contributed by atoms with Crippen LogP contribution in [0.1, 0.15) is 29.3 Å². The number of hydrogen-bond donors (Lipinski definition) is 1. The fourth-order valence-electron chi connectivity index (χ4n) is 3.16. The molecule has 1 fully saturated rings. The Bertz CT molecular complexity index is 986. The minimum atomic E-state index is -0.589. The van der Waals surface area contributed by atoms with Crippen molar-refractivity contribution in [1.29, 1.82) is 0 Å². The minimum absolute atomic E-state index is 0.0138. The molecule has 0 spiro atoms. The van der Waals surface area contributed by atoms with E-state index in [0.29, 0.717) is 22.5 Å². The summed E-state index contributed by atoms with van der Waals surface area (Å²) in [7, 11) is 0. The number of anilines is 2. The van der Waals surface area contributed by atoms with E-state index in [1.807, 2.05) is 0 Å². The third-order valence-corrected chi connectivity index (χ3v) is 4.73. The van der Waals surface area contributed by atoms with Crippen molar-refractivity contribution in [2.75, 3.05) is 16.8 Å². The summed E-state index contributed by atoms with van der Waals surface area (Å²) in [5, 5.41) is 13.9. The normalized spacial score (nSPS) is 16.1. The lowest BCUT2D eigenvalue weighted by Crippen LogP contribution is -2.28. The van der Waals surface area contributed by atoms with Crippen molar-refractivity contribution >= 4 is 34.7 Å². The fourth-order valence-corrected chi connectivity index (χ4v) is 3.16. The highest BCUT2D eigenvalue weighted by molar-refractivity contribution is 6.04. The molecule has 1 aliphatic heterocycles. The molecule has 0 aromatic heterocycles. The van der Waals surface area contributed by atoms with Crippen LogP contribution in [-0.4, -0.2) is 29.1 Å². The first-order chi connectivity index (χ1) is 13.3. The molecule has 0 bridgehead atoms. The highest BCUT2D eigenvalue weighted by Gasteiger charge is 2.35. The lowest BCUT2D eigenvalue weighted by Gasteiger charge is -2.17. The Labute approximate surface area is 161 Å². The molecule has 1 aliphatic rings. The van der Waals surface area contributed by atoms with E-state index in [-0.39, 0.29) is 36.3 Å². The van der Waals surface area contributed by atoms with Crippen molar-refractivity contribution in [3.8, 4) is 0 Å². The van der Waals surface area contributed by atoms with Crippen molar-refractivity contribution in [3.63, 3.8) is 0 Å². The molecule has 0 unspecified atom stereocenters. The van der Waals surface area contributed by atoms with Crippen LogP contribution in [0.5, 0.6) is 0 Å². The summed E-state index contributed by atoms with van der Waals surface area (Å²) in [6.45, 7) is 3.20. The van der Waals surface area contributed by atoms with Crippen LogP contribution in [0.15, 0.2) is 42.5 Å². The Hall–Kier alpha value is -3.55. The number of nitrogens with one attached hydrogen (secondary N) is 1. The van der Waals surface area contributed by atoms with E-state index in [9.17, 15) is 24.5 Å². The molecule has 0 aliphatic carbocycles. The van der Waals surface area contributed by atoms with Gasteiger partial charge in [-0.2, -0.15) is 0 Å². The Kier molecular flexibility index (Phi) is 5.21. The molecule has 2 amide bonds. The average Bonchev–Trinajstić information content (AvgIpc) is 3.04. The number of nitro groups is 1. The van der Waals surface area contributed by atoms with Crippen LogP contribution < -0.4 is 10.2 Å². The largest absolute Gasteiger partial charge is 0.326 e. The molecule has 8 heteroatoms. The van der Waals surface area contributed by atoms with Gasteiger partial charge in [-0.3, -0.25) is 24.5 Å². The Morgan fingerprint density at radius 1 is 1.21 bits per heavy atom. The number of aryl methyl sites for hydroxylation is 1. The summed E-state index contributed by atoms with van der Waals surface area (Å²) in [6, 6.07) is 11.1. The van der Waals surface area contributed by atoms with Gasteiger partial charge in [0.1, 0.15) is 0 Å². The monoisotopic (exact) mass is 381 g/mol. The minimum Gasteiger partial charge on any atom is -0.326 e. The molecule has 0 saturated carbocycles. The average molecular weight is 381 g/mol. The molecule has 1 atom stereocenters. The molecule has 1 heterocycles. The van der Waals surface area contributed by atoms with Crippen LogP contribution in [0.25, 0.3) is 0 Å². The van der Waals surface area contributed by atoms with E-state index in [0.717, 1.165) is 0 Å². The summed E-state index contributed by atoms with van der Waals surface area (Å²) in [5.74, 6) is -1.30. The third kappa shape index (κ3) is 3.90. The Balaban J connectivity index is 1.75. The SMILES string of the molecule is CC(=O)c1cccc(NC(=O)[C@@H]2CC(=O)N(c3ccc(C)c([N+](=O)[O-])c3)C2)c1. The van der Waals surface area contributed by atoms with Gasteiger partial charge in [0, 0.05) is 35.8 Å². The number of nitro benzene ring substituents is 1. The fraction of sp³-hybridized carbons (Fsp3) is 0.250. The topological polar surface area (TPSA) is 110 Å². The predicted octanol–water partition coefficient (Wildman–Crippen LogP) is 3.10. The van der Waals surface area contributed by atoms with Crippen LogP contribution >= 0.6 is 0 Å². The maximum atomic E-state index is 12.6. The van der Waals surface area contributed by atoms with Gasteiger partial charge in [0.05, 0.1) is 16.5 Å². The summed E-state index contributed by atoms with van der Waals surface area (Å²) in [6.07, 6.45) is 0.0138. The van der Waals surface area contributed by atoms with Crippen LogP contribution in [-0.2, 0) is 9.59 Å². The molecule has 1 saturated heterocycles. The number of Topliss-reactive ketones (excluding diaryl/α,β-unsaturated/α-hetero) is 1. The zero-order valence-electron chi connectivity index (χ0n) is 15.5. The second-order valence-corrected chi connectivity index (χ2v) is 6.76. The molecule has 8 nitrogen and oxygen atoms in total. The zero-order valence-corrected chi connectivity index (χ0v) is 15.5. The molecule has 2 aromatic rings. The van der Waals surface area contributed by atoms with Crippen LogP contribution in [0.4, 0.5) is 17.1 Å². The van der Waals surface area contributed by atoms with E-state index in [4.69, 9.17) is 0 Å². The zero-order chi connectivity index (χ0) is 20.4. The number of carbonyl (C=O) groups is 3. The lowest BCUT2D eigenvalue weighted by molar-refractivity contribution is -0.385. The van der Waals surface area contributed by atoms with Gasteiger partial charge in [-0.25, -0.2) is 0 Å². The van der Waals surface area contributed by atoms with Gasteiger partial charge in [0.15, 0.2) is 5.78 Å². The Morgan fingerprint density at radius 3 is 2.64 bits per heavy atom. The highest BCUT2D eigenvalue weighted by Crippen LogP contribution is 2.30. The maximum absolute atomic E-state index is 12.6. The molecule has 3 rings (SSSR count). The third-order valence-electron chi connectivity index (χ3n) is 4.73. The van der Waals surface area contributed by atoms with Crippen molar-refractivity contribution < 1.29 is 19.3 Å². The van der Waals surface area contributed by atoms with Crippen molar-refractivity contribution in [2.45, 2.75) is 20.3 Å². The van der Waals surface area contributed by atoms with Gasteiger partial charge < -0.3 is 10.2 Å². The van der Waals surface area contributed by atoms with E-state index >= 15 is 0 Å². The molecule has 0 radical (unpaired) electrons. The number of benzene rings is 2. The number of nitrogens with zero attached hydrogens (tertiary/aromatic N) is 2. The van der Waals surface area contributed by atoms with Crippen LogP contribution in [0, 0.1) is 23.0 Å². The molecule has 1 N–H and O–H groups in total. The summed E-state index contributed by atoms with van der Waals surface area (Å²) >= 11 is 0. The number of carbonyl (C=O) groups excluding carboxylic acids is 3. The smallest absolute Gasteiger partial charge is 0.274 e. The van der Waals surface area contributed by atoms with E-state index in [1.54, 1.807) is 43.3 Å². The number of rotatable bonds is 5. The van der Waals surface area contributed by atoms with Crippen molar-refractivity contribution in [3.05, 3.63) is 63.7 Å².